The smallest absolute Gasteiger partial charge is 0.293 e. The Balaban J connectivity index is 1.61. The Hall–Kier alpha value is -3.54. The van der Waals surface area contributed by atoms with Crippen molar-refractivity contribution in [2.24, 2.45) is 12.1 Å². The molecule has 4 heterocycles. The highest BCUT2D eigenvalue weighted by Crippen LogP contribution is 2.22. The van der Waals surface area contributed by atoms with Crippen LogP contribution in [0.1, 0.15) is 48.1 Å². The second kappa shape index (κ2) is 8.45. The van der Waals surface area contributed by atoms with Gasteiger partial charge in [-0.1, -0.05) is 11.6 Å². The SMILES string of the molecule is C[C@@H]1CCCCN1Cc1c(C(=O)N/N=C/c2cccn2C)nnn1-c1nonc1N. The number of aromatic nitrogens is 6. The summed E-state index contributed by atoms with van der Waals surface area (Å²) in [5, 5.41) is 19.6. The van der Waals surface area contributed by atoms with Crippen molar-refractivity contribution in [2.45, 2.75) is 38.8 Å². The lowest BCUT2D eigenvalue weighted by Crippen LogP contribution is -2.38. The number of aryl methyl sites for hydroxylation is 1. The molecule has 0 bridgehead atoms. The summed E-state index contributed by atoms with van der Waals surface area (Å²) in [5.41, 5.74) is 9.91. The number of amides is 1. The number of nitrogens with zero attached hydrogens (tertiary/aromatic N) is 8. The van der Waals surface area contributed by atoms with Crippen molar-refractivity contribution in [2.75, 3.05) is 12.3 Å². The number of piperidine rings is 1. The van der Waals surface area contributed by atoms with Gasteiger partial charge in [-0.25, -0.2) is 10.1 Å². The summed E-state index contributed by atoms with van der Waals surface area (Å²) in [7, 11) is 1.89. The fraction of sp³-hybridized carbons (Fsp3) is 0.444. The van der Waals surface area contributed by atoms with E-state index in [-0.39, 0.29) is 17.3 Å². The van der Waals surface area contributed by atoms with Gasteiger partial charge in [-0.05, 0) is 48.8 Å². The molecular formula is C18H24N10O2. The molecule has 0 aromatic carbocycles. The van der Waals surface area contributed by atoms with Crippen LogP contribution in [0.2, 0.25) is 0 Å². The van der Waals surface area contributed by atoms with E-state index in [1.165, 1.54) is 11.1 Å². The van der Waals surface area contributed by atoms with Gasteiger partial charge in [-0.2, -0.15) is 9.78 Å². The molecule has 4 rings (SSSR count). The number of nitrogens with one attached hydrogen (secondary N) is 1. The molecule has 158 valence electrons. The zero-order valence-corrected chi connectivity index (χ0v) is 16.9. The van der Waals surface area contributed by atoms with E-state index in [0.717, 1.165) is 25.1 Å². The van der Waals surface area contributed by atoms with Gasteiger partial charge in [0.25, 0.3) is 5.91 Å². The average molecular weight is 412 g/mol. The first-order chi connectivity index (χ1) is 14.5. The molecule has 1 saturated heterocycles. The Labute approximate surface area is 172 Å². The molecule has 30 heavy (non-hydrogen) atoms. The third-order valence-electron chi connectivity index (χ3n) is 5.31. The maximum Gasteiger partial charge on any atom is 0.293 e. The van der Waals surface area contributed by atoms with Crippen molar-refractivity contribution < 1.29 is 9.42 Å². The van der Waals surface area contributed by atoms with Crippen molar-refractivity contribution in [3.8, 4) is 5.82 Å². The number of anilines is 1. The molecule has 0 unspecified atom stereocenters. The van der Waals surface area contributed by atoms with E-state index in [1.54, 1.807) is 6.21 Å². The molecule has 3 aromatic heterocycles. The van der Waals surface area contributed by atoms with Crippen LogP contribution in [0.3, 0.4) is 0 Å². The normalized spacial score (nSPS) is 17.6. The number of hydrogen-bond acceptors (Lipinski definition) is 9. The van der Waals surface area contributed by atoms with E-state index in [0.29, 0.717) is 18.3 Å². The molecule has 12 heteroatoms. The predicted octanol–water partition coefficient (Wildman–Crippen LogP) is 0.709. The quantitative estimate of drug-likeness (QED) is 0.445. The summed E-state index contributed by atoms with van der Waals surface area (Å²) in [6.07, 6.45) is 6.84. The van der Waals surface area contributed by atoms with Crippen molar-refractivity contribution in [3.05, 3.63) is 35.4 Å². The summed E-state index contributed by atoms with van der Waals surface area (Å²) < 4.78 is 7.99. The number of carbonyl (C=O) groups excluding carboxylic acids is 1. The molecule has 3 aromatic rings. The summed E-state index contributed by atoms with van der Waals surface area (Å²) in [5.74, 6) is -0.198. The van der Waals surface area contributed by atoms with E-state index < -0.39 is 5.91 Å². The van der Waals surface area contributed by atoms with Crippen LogP contribution in [0.25, 0.3) is 5.82 Å². The van der Waals surface area contributed by atoms with E-state index in [4.69, 9.17) is 10.4 Å². The highest BCUT2D eigenvalue weighted by Gasteiger charge is 2.27. The van der Waals surface area contributed by atoms with Crippen LogP contribution in [0.15, 0.2) is 28.1 Å². The molecule has 1 aliphatic rings. The Morgan fingerprint density at radius 2 is 2.30 bits per heavy atom. The number of rotatable bonds is 6. The molecule has 0 radical (unpaired) electrons. The van der Waals surface area contributed by atoms with Gasteiger partial charge in [0.15, 0.2) is 5.69 Å². The second-order valence-corrected chi connectivity index (χ2v) is 7.33. The minimum Gasteiger partial charge on any atom is -0.378 e. The highest BCUT2D eigenvalue weighted by molar-refractivity contribution is 5.94. The van der Waals surface area contributed by atoms with Gasteiger partial charge in [0.2, 0.25) is 11.6 Å². The second-order valence-electron chi connectivity index (χ2n) is 7.33. The number of likely N-dealkylation sites (tertiary alicyclic amines) is 1. The summed E-state index contributed by atoms with van der Waals surface area (Å²) in [6, 6.07) is 4.15. The number of nitrogen functional groups attached to an aromatic ring is 1. The van der Waals surface area contributed by atoms with Gasteiger partial charge in [-0.3, -0.25) is 9.69 Å². The van der Waals surface area contributed by atoms with Crippen LogP contribution >= 0.6 is 0 Å². The molecule has 1 fully saturated rings. The number of hydrogen-bond donors (Lipinski definition) is 2. The molecular weight excluding hydrogens is 388 g/mol. The van der Waals surface area contributed by atoms with Crippen LogP contribution < -0.4 is 11.2 Å². The van der Waals surface area contributed by atoms with Gasteiger partial charge in [-0.15, -0.1) is 5.10 Å². The molecule has 1 aliphatic heterocycles. The summed E-state index contributed by atoms with van der Waals surface area (Å²) in [4.78, 5) is 15.1. The maximum absolute atomic E-state index is 12.8. The number of nitrogens with two attached hydrogens (primary N) is 1. The molecule has 1 amide bonds. The van der Waals surface area contributed by atoms with Gasteiger partial charge in [0.05, 0.1) is 17.6 Å². The van der Waals surface area contributed by atoms with Crippen molar-refractivity contribution in [3.63, 3.8) is 0 Å². The highest BCUT2D eigenvalue weighted by atomic mass is 16.6. The molecule has 3 N–H and O–H groups in total. The number of hydrazone groups is 1. The molecule has 0 spiro atoms. The Kier molecular flexibility index (Phi) is 5.57. The Morgan fingerprint density at radius 1 is 1.43 bits per heavy atom. The molecule has 0 aliphatic carbocycles. The van der Waals surface area contributed by atoms with E-state index >= 15 is 0 Å². The lowest BCUT2D eigenvalue weighted by Gasteiger charge is -2.33. The maximum atomic E-state index is 12.8. The average Bonchev–Trinajstić information content (AvgIpc) is 3.44. The summed E-state index contributed by atoms with van der Waals surface area (Å²) >= 11 is 0. The van der Waals surface area contributed by atoms with Crippen LogP contribution in [0.4, 0.5) is 5.82 Å². The van der Waals surface area contributed by atoms with Crippen LogP contribution in [0, 0.1) is 0 Å². The minimum atomic E-state index is -0.471. The lowest BCUT2D eigenvalue weighted by atomic mass is 10.0. The van der Waals surface area contributed by atoms with Gasteiger partial charge < -0.3 is 10.3 Å². The molecule has 12 nitrogen and oxygen atoms in total. The fourth-order valence-electron chi connectivity index (χ4n) is 3.53. The lowest BCUT2D eigenvalue weighted by molar-refractivity contribution is 0.0945. The Bertz CT molecular complexity index is 1050. The van der Waals surface area contributed by atoms with E-state index in [1.807, 2.05) is 29.9 Å². The van der Waals surface area contributed by atoms with Crippen molar-refractivity contribution in [1.29, 1.82) is 0 Å². The van der Waals surface area contributed by atoms with Crippen molar-refractivity contribution >= 4 is 17.9 Å². The molecule has 1 atom stereocenters. The van der Waals surface area contributed by atoms with Crippen LogP contribution in [-0.2, 0) is 13.6 Å². The zero-order chi connectivity index (χ0) is 21.1. The largest absolute Gasteiger partial charge is 0.378 e. The van der Waals surface area contributed by atoms with Gasteiger partial charge in [0.1, 0.15) is 0 Å². The first-order valence-electron chi connectivity index (χ1n) is 9.76. The third kappa shape index (κ3) is 3.94. The number of carbonyl (C=O) groups is 1. The predicted molar refractivity (Wildman–Crippen MR) is 108 cm³/mol. The Morgan fingerprint density at radius 3 is 3.00 bits per heavy atom. The van der Waals surface area contributed by atoms with Crippen LogP contribution in [-0.4, -0.2) is 59.5 Å². The minimum absolute atomic E-state index is 0.0709. The van der Waals surface area contributed by atoms with Crippen molar-refractivity contribution in [1.82, 2.24) is 40.2 Å². The summed E-state index contributed by atoms with van der Waals surface area (Å²) in [6.45, 7) is 3.56. The fourth-order valence-corrected chi connectivity index (χ4v) is 3.53. The van der Waals surface area contributed by atoms with Gasteiger partial charge >= 0.3 is 0 Å². The standard InChI is InChI=1S/C18H24N10O2/c1-12-6-3-4-9-27(12)11-14-15(21-25-28(14)17-16(19)23-30-24-17)18(29)22-20-10-13-7-5-8-26(13)2/h5,7-8,10,12H,3-4,6,9,11H2,1-2H3,(H2,19,23)(H,22,29)/b20-10+/t12-/m1/s1. The topological polar surface area (TPSA) is 145 Å². The first kappa shape index (κ1) is 19.8. The molecule has 0 saturated carbocycles. The van der Waals surface area contributed by atoms with E-state index in [9.17, 15) is 4.79 Å². The van der Waals surface area contributed by atoms with E-state index in [2.05, 4.69) is 43.0 Å². The third-order valence-corrected chi connectivity index (χ3v) is 5.31. The van der Waals surface area contributed by atoms with Crippen LogP contribution in [0.5, 0.6) is 0 Å². The van der Waals surface area contributed by atoms with Gasteiger partial charge in [0, 0.05) is 25.8 Å². The monoisotopic (exact) mass is 412 g/mol. The first-order valence-corrected chi connectivity index (χ1v) is 9.76. The zero-order valence-electron chi connectivity index (χ0n) is 16.9.